The average Bonchev–Trinajstić information content (AvgIpc) is 3.22. The maximum absolute atomic E-state index is 12.5. The minimum atomic E-state index is -1.17. The van der Waals surface area contributed by atoms with E-state index in [1.54, 1.807) is 19.1 Å². The van der Waals surface area contributed by atoms with E-state index in [1.807, 2.05) is 30.3 Å². The Morgan fingerprint density at radius 3 is 2.60 bits per heavy atom. The van der Waals surface area contributed by atoms with E-state index in [4.69, 9.17) is 13.9 Å². The second-order valence-corrected chi connectivity index (χ2v) is 5.76. The van der Waals surface area contributed by atoms with Gasteiger partial charge < -0.3 is 19.2 Å². The van der Waals surface area contributed by atoms with Gasteiger partial charge in [0, 0.05) is 0 Å². The van der Waals surface area contributed by atoms with Crippen LogP contribution in [0.2, 0.25) is 0 Å². The lowest BCUT2D eigenvalue weighted by atomic mass is 9.99. The highest BCUT2D eigenvalue weighted by Gasteiger charge is 2.50. The quantitative estimate of drug-likeness (QED) is 0.586. The van der Waals surface area contributed by atoms with Crippen molar-refractivity contribution in [2.24, 2.45) is 0 Å². The molecule has 3 amide bonds. The summed E-state index contributed by atoms with van der Waals surface area (Å²) in [4.78, 5) is 25.8. The van der Waals surface area contributed by atoms with Crippen molar-refractivity contribution in [3.63, 3.8) is 0 Å². The van der Waals surface area contributed by atoms with Crippen LogP contribution in [0.3, 0.4) is 0 Å². The Kier molecular flexibility index (Phi) is 5.04. The molecular weight excluding hydrogens is 324 g/mol. The van der Waals surface area contributed by atoms with Crippen molar-refractivity contribution in [1.29, 1.82) is 0 Å². The van der Waals surface area contributed by atoms with Crippen LogP contribution in [0.1, 0.15) is 12.7 Å². The number of rotatable bonds is 8. The third-order valence-corrected chi connectivity index (χ3v) is 3.99. The van der Waals surface area contributed by atoms with Crippen LogP contribution in [0.15, 0.2) is 53.1 Å². The number of amides is 3. The van der Waals surface area contributed by atoms with Gasteiger partial charge in [-0.2, -0.15) is 0 Å². The van der Waals surface area contributed by atoms with Crippen molar-refractivity contribution in [2.45, 2.75) is 12.5 Å². The van der Waals surface area contributed by atoms with Gasteiger partial charge in [0.1, 0.15) is 18.1 Å². The number of furan rings is 1. The fraction of sp³-hybridized carbons (Fsp3) is 0.333. The SMILES string of the molecule is C[C@@]1(c2ccco2)NC(=O)N(CCOCCOc2ccccc2)C1=O. The molecule has 0 spiro atoms. The summed E-state index contributed by atoms with van der Waals surface area (Å²) in [5.74, 6) is 0.830. The summed E-state index contributed by atoms with van der Waals surface area (Å²) < 4.78 is 16.2. The number of nitrogens with zero attached hydrogens (tertiary/aromatic N) is 1. The molecule has 1 aromatic heterocycles. The van der Waals surface area contributed by atoms with Crippen molar-refractivity contribution in [1.82, 2.24) is 10.2 Å². The minimum Gasteiger partial charge on any atom is -0.491 e. The zero-order valence-electron chi connectivity index (χ0n) is 13.9. The van der Waals surface area contributed by atoms with Crippen LogP contribution in [0.5, 0.6) is 5.75 Å². The summed E-state index contributed by atoms with van der Waals surface area (Å²) in [6, 6.07) is 12.3. The van der Waals surface area contributed by atoms with Crippen LogP contribution in [0.4, 0.5) is 4.79 Å². The van der Waals surface area contributed by atoms with E-state index in [1.165, 1.54) is 6.26 Å². The molecule has 132 valence electrons. The molecule has 0 saturated carbocycles. The molecule has 1 fully saturated rings. The molecular formula is C18H20N2O5. The van der Waals surface area contributed by atoms with Gasteiger partial charge in [-0.05, 0) is 31.2 Å². The van der Waals surface area contributed by atoms with E-state index in [0.717, 1.165) is 10.6 Å². The standard InChI is InChI=1S/C18H20N2O5/c1-18(15-8-5-10-25-15)16(21)20(17(22)19-18)9-11-23-12-13-24-14-6-3-2-4-7-14/h2-8,10H,9,11-13H2,1H3,(H,19,22)/t18-/m0/s1. The van der Waals surface area contributed by atoms with Crippen LogP contribution < -0.4 is 10.1 Å². The fourth-order valence-electron chi connectivity index (χ4n) is 2.62. The van der Waals surface area contributed by atoms with E-state index in [0.29, 0.717) is 19.0 Å². The predicted octanol–water partition coefficient (Wildman–Crippen LogP) is 2.14. The molecule has 0 unspecified atom stereocenters. The topological polar surface area (TPSA) is 81.0 Å². The Labute approximate surface area is 145 Å². The van der Waals surface area contributed by atoms with Gasteiger partial charge in [-0.1, -0.05) is 18.2 Å². The van der Waals surface area contributed by atoms with E-state index in [9.17, 15) is 9.59 Å². The molecule has 0 radical (unpaired) electrons. The molecule has 7 nitrogen and oxygen atoms in total. The number of hydrogen-bond acceptors (Lipinski definition) is 5. The van der Waals surface area contributed by atoms with Gasteiger partial charge in [0.25, 0.3) is 5.91 Å². The molecule has 2 heterocycles. The van der Waals surface area contributed by atoms with Crippen LogP contribution in [-0.4, -0.2) is 43.2 Å². The first-order valence-electron chi connectivity index (χ1n) is 8.05. The second-order valence-electron chi connectivity index (χ2n) is 5.76. The van der Waals surface area contributed by atoms with Crippen molar-refractivity contribution in [3.8, 4) is 5.75 Å². The second kappa shape index (κ2) is 7.40. The summed E-state index contributed by atoms with van der Waals surface area (Å²) in [6.45, 7) is 2.81. The molecule has 3 rings (SSSR count). The van der Waals surface area contributed by atoms with Crippen LogP contribution in [-0.2, 0) is 15.1 Å². The molecule has 0 aliphatic carbocycles. The number of imide groups is 1. The highest BCUT2D eigenvalue weighted by molar-refractivity contribution is 6.06. The van der Waals surface area contributed by atoms with E-state index in [2.05, 4.69) is 5.32 Å². The molecule has 1 aromatic carbocycles. The van der Waals surface area contributed by atoms with Crippen molar-refractivity contribution < 1.29 is 23.5 Å². The van der Waals surface area contributed by atoms with Gasteiger partial charge in [0.15, 0.2) is 5.54 Å². The van der Waals surface area contributed by atoms with Gasteiger partial charge in [0.2, 0.25) is 0 Å². The van der Waals surface area contributed by atoms with E-state index < -0.39 is 11.6 Å². The first-order chi connectivity index (χ1) is 12.1. The molecule has 0 bridgehead atoms. The summed E-state index contributed by atoms with van der Waals surface area (Å²) >= 11 is 0. The van der Waals surface area contributed by atoms with Gasteiger partial charge >= 0.3 is 6.03 Å². The maximum Gasteiger partial charge on any atom is 0.325 e. The normalized spacial score (nSPS) is 20.0. The third kappa shape index (κ3) is 3.66. The minimum absolute atomic E-state index is 0.173. The van der Waals surface area contributed by atoms with Gasteiger partial charge in [-0.3, -0.25) is 9.69 Å². The zero-order valence-corrected chi connectivity index (χ0v) is 13.9. The van der Waals surface area contributed by atoms with E-state index in [-0.39, 0.29) is 19.1 Å². The number of urea groups is 1. The third-order valence-electron chi connectivity index (χ3n) is 3.99. The maximum atomic E-state index is 12.5. The summed E-state index contributed by atoms with van der Waals surface area (Å²) in [7, 11) is 0. The molecule has 25 heavy (non-hydrogen) atoms. The molecule has 1 N–H and O–H groups in total. The molecule has 1 aliphatic heterocycles. The Morgan fingerprint density at radius 1 is 1.08 bits per heavy atom. The predicted molar refractivity (Wildman–Crippen MR) is 89.1 cm³/mol. The number of hydrogen-bond donors (Lipinski definition) is 1. The van der Waals surface area contributed by atoms with E-state index >= 15 is 0 Å². The number of carbonyl (C=O) groups excluding carboxylic acids is 2. The number of benzene rings is 1. The van der Waals surface area contributed by atoms with Gasteiger partial charge in [-0.15, -0.1) is 0 Å². The van der Waals surface area contributed by atoms with Gasteiger partial charge in [-0.25, -0.2) is 4.79 Å². The first-order valence-corrected chi connectivity index (χ1v) is 8.05. The smallest absolute Gasteiger partial charge is 0.325 e. The molecule has 1 atom stereocenters. The van der Waals surface area contributed by atoms with Gasteiger partial charge in [0.05, 0.1) is 26.0 Å². The summed E-state index contributed by atoms with van der Waals surface area (Å²) in [5.41, 5.74) is -1.17. The van der Waals surface area contributed by atoms with Crippen LogP contribution >= 0.6 is 0 Å². The Balaban J connectivity index is 1.43. The highest BCUT2D eigenvalue weighted by Crippen LogP contribution is 2.28. The Bertz CT molecular complexity index is 716. The van der Waals surface area contributed by atoms with Crippen LogP contribution in [0, 0.1) is 0 Å². The molecule has 1 aliphatic rings. The number of carbonyl (C=O) groups is 2. The number of para-hydroxylation sites is 1. The zero-order chi connectivity index (χ0) is 17.7. The number of ether oxygens (including phenoxy) is 2. The molecule has 1 saturated heterocycles. The van der Waals surface area contributed by atoms with Crippen molar-refractivity contribution in [3.05, 3.63) is 54.5 Å². The summed E-state index contributed by atoms with van der Waals surface area (Å²) in [5, 5.41) is 2.67. The van der Waals surface area contributed by atoms with Crippen molar-refractivity contribution >= 4 is 11.9 Å². The Morgan fingerprint density at radius 2 is 1.88 bits per heavy atom. The average molecular weight is 344 g/mol. The molecule has 2 aromatic rings. The molecule has 7 heteroatoms. The fourth-order valence-corrected chi connectivity index (χ4v) is 2.62. The summed E-state index contributed by atoms with van der Waals surface area (Å²) in [6.07, 6.45) is 1.47. The monoisotopic (exact) mass is 344 g/mol. The van der Waals surface area contributed by atoms with Crippen LogP contribution in [0.25, 0.3) is 0 Å². The largest absolute Gasteiger partial charge is 0.491 e. The lowest BCUT2D eigenvalue weighted by Crippen LogP contribution is -2.40. The van der Waals surface area contributed by atoms with Crippen molar-refractivity contribution in [2.75, 3.05) is 26.4 Å². The number of nitrogens with one attached hydrogen (secondary N) is 1. The lowest BCUT2D eigenvalue weighted by Gasteiger charge is -2.19. The lowest BCUT2D eigenvalue weighted by molar-refractivity contribution is -0.132. The Hall–Kier alpha value is -2.80. The highest BCUT2D eigenvalue weighted by atomic mass is 16.5. The first kappa shape index (κ1) is 17.0.